The third kappa shape index (κ3) is 4.30. The topological polar surface area (TPSA) is 122 Å². The van der Waals surface area contributed by atoms with Crippen molar-refractivity contribution in [3.8, 4) is 5.75 Å². The van der Waals surface area contributed by atoms with Gasteiger partial charge in [0.2, 0.25) is 0 Å². The number of anilines is 1. The zero-order valence-electron chi connectivity index (χ0n) is 13.8. The Hall–Kier alpha value is -2.00. The number of hydrogen-bond acceptors (Lipinski definition) is 8. The van der Waals surface area contributed by atoms with Crippen molar-refractivity contribution in [1.82, 2.24) is 0 Å². The molecule has 0 atom stereocenters. The SMILES string of the molecule is COC(=O)c1cc(C(=O)OC(C)(C)C)c(N)c(S(=O)(=O)Cl)c1OC. The van der Waals surface area contributed by atoms with Crippen molar-refractivity contribution in [2.75, 3.05) is 20.0 Å². The molecule has 0 spiro atoms. The molecule has 0 aromatic heterocycles. The van der Waals surface area contributed by atoms with Crippen LogP contribution in [0.25, 0.3) is 0 Å². The van der Waals surface area contributed by atoms with Crippen molar-refractivity contribution >= 4 is 37.4 Å². The van der Waals surface area contributed by atoms with Gasteiger partial charge in [0.15, 0.2) is 5.75 Å². The van der Waals surface area contributed by atoms with E-state index < -0.39 is 42.9 Å². The van der Waals surface area contributed by atoms with Crippen LogP contribution in [0.5, 0.6) is 5.75 Å². The van der Waals surface area contributed by atoms with Crippen molar-refractivity contribution in [2.24, 2.45) is 0 Å². The normalized spacial score (nSPS) is 11.8. The average Bonchev–Trinajstić information content (AvgIpc) is 2.42. The van der Waals surface area contributed by atoms with Crippen LogP contribution in [0.2, 0.25) is 0 Å². The van der Waals surface area contributed by atoms with Gasteiger partial charge >= 0.3 is 11.9 Å². The minimum Gasteiger partial charge on any atom is -0.494 e. The molecule has 10 heteroatoms. The Morgan fingerprint density at radius 1 is 1.12 bits per heavy atom. The maximum absolute atomic E-state index is 12.3. The van der Waals surface area contributed by atoms with Crippen LogP contribution in [0, 0.1) is 0 Å². The summed E-state index contributed by atoms with van der Waals surface area (Å²) in [5.41, 5.74) is 3.76. The summed E-state index contributed by atoms with van der Waals surface area (Å²) in [7, 11) is 3.16. The van der Waals surface area contributed by atoms with Gasteiger partial charge in [-0.2, -0.15) is 0 Å². The first kappa shape index (κ1) is 20.0. The van der Waals surface area contributed by atoms with Gasteiger partial charge in [-0.15, -0.1) is 0 Å². The molecule has 0 aliphatic rings. The highest BCUT2D eigenvalue weighted by Gasteiger charge is 2.32. The van der Waals surface area contributed by atoms with E-state index in [1.54, 1.807) is 20.8 Å². The van der Waals surface area contributed by atoms with E-state index in [-0.39, 0.29) is 11.1 Å². The van der Waals surface area contributed by atoms with E-state index in [4.69, 9.17) is 25.9 Å². The van der Waals surface area contributed by atoms with Crippen LogP contribution in [0.3, 0.4) is 0 Å². The molecule has 2 N–H and O–H groups in total. The molecule has 0 fully saturated rings. The first-order valence-corrected chi connectivity index (χ1v) is 8.91. The Morgan fingerprint density at radius 3 is 2.04 bits per heavy atom. The summed E-state index contributed by atoms with van der Waals surface area (Å²) >= 11 is 0. The van der Waals surface area contributed by atoms with Crippen molar-refractivity contribution in [1.29, 1.82) is 0 Å². The smallest absolute Gasteiger partial charge is 0.341 e. The summed E-state index contributed by atoms with van der Waals surface area (Å²) < 4.78 is 38.4. The van der Waals surface area contributed by atoms with Crippen LogP contribution in [0.1, 0.15) is 41.5 Å². The fraction of sp³-hybridized carbons (Fsp3) is 0.429. The second kappa shape index (κ2) is 6.86. The van der Waals surface area contributed by atoms with E-state index in [1.807, 2.05) is 0 Å². The lowest BCUT2D eigenvalue weighted by atomic mass is 10.1. The third-order valence-electron chi connectivity index (χ3n) is 2.75. The van der Waals surface area contributed by atoms with Crippen LogP contribution in [0.15, 0.2) is 11.0 Å². The Morgan fingerprint density at radius 2 is 1.67 bits per heavy atom. The lowest BCUT2D eigenvalue weighted by Crippen LogP contribution is -2.25. The molecule has 8 nitrogen and oxygen atoms in total. The number of methoxy groups -OCH3 is 2. The molecule has 0 amide bonds. The van der Waals surface area contributed by atoms with Gasteiger partial charge < -0.3 is 19.9 Å². The highest BCUT2D eigenvalue weighted by atomic mass is 35.7. The fourth-order valence-electron chi connectivity index (χ4n) is 1.86. The van der Waals surface area contributed by atoms with Gasteiger partial charge in [0.1, 0.15) is 16.1 Å². The highest BCUT2D eigenvalue weighted by Crippen LogP contribution is 2.38. The number of halogens is 1. The molecule has 0 aliphatic carbocycles. The van der Waals surface area contributed by atoms with E-state index in [2.05, 4.69) is 4.74 Å². The van der Waals surface area contributed by atoms with E-state index in [1.165, 1.54) is 0 Å². The van der Waals surface area contributed by atoms with Crippen molar-refractivity contribution in [2.45, 2.75) is 31.3 Å². The molecule has 0 radical (unpaired) electrons. The third-order valence-corrected chi connectivity index (χ3v) is 4.10. The lowest BCUT2D eigenvalue weighted by Gasteiger charge is -2.21. The standard InChI is InChI=1S/C14H18ClNO7S/c1-14(2,3)23-13(18)7-6-8(12(17)22-5)10(21-4)11(9(7)16)24(15,19)20/h6H,16H2,1-5H3. The predicted octanol–water partition coefficient (Wildman–Crippen LogP) is 1.95. The maximum Gasteiger partial charge on any atom is 0.341 e. The molecule has 1 aromatic rings. The minimum absolute atomic E-state index is 0.325. The minimum atomic E-state index is -4.43. The van der Waals surface area contributed by atoms with Crippen LogP contribution in [-0.2, 0) is 18.5 Å². The highest BCUT2D eigenvalue weighted by molar-refractivity contribution is 8.14. The predicted molar refractivity (Wildman–Crippen MR) is 87.0 cm³/mol. The molecule has 1 aromatic carbocycles. The number of ether oxygens (including phenoxy) is 3. The van der Waals surface area contributed by atoms with Crippen LogP contribution < -0.4 is 10.5 Å². The van der Waals surface area contributed by atoms with Gasteiger partial charge in [-0.25, -0.2) is 18.0 Å². The van der Waals surface area contributed by atoms with Gasteiger partial charge in [0.25, 0.3) is 9.05 Å². The van der Waals surface area contributed by atoms with E-state index in [9.17, 15) is 18.0 Å². The Kier molecular flexibility index (Phi) is 5.73. The molecule has 0 saturated carbocycles. The van der Waals surface area contributed by atoms with E-state index in [0.717, 1.165) is 20.3 Å². The molecule has 1 rings (SSSR count). The maximum atomic E-state index is 12.3. The molecule has 0 bridgehead atoms. The number of hydrogen-bond donors (Lipinski definition) is 1. The fourth-order valence-corrected chi connectivity index (χ4v) is 3.11. The van der Waals surface area contributed by atoms with Crippen LogP contribution in [-0.4, -0.2) is 40.2 Å². The molecule has 0 saturated heterocycles. The number of benzene rings is 1. The lowest BCUT2D eigenvalue weighted by molar-refractivity contribution is 0.00705. The largest absolute Gasteiger partial charge is 0.494 e. The van der Waals surface area contributed by atoms with E-state index >= 15 is 0 Å². The first-order chi connectivity index (χ1) is 10.8. The Balaban J connectivity index is 3.80. The Bertz CT molecular complexity index is 781. The van der Waals surface area contributed by atoms with Gasteiger partial charge in [0.05, 0.1) is 25.5 Å². The second-order valence-corrected chi connectivity index (χ2v) is 8.18. The van der Waals surface area contributed by atoms with Crippen molar-refractivity contribution in [3.63, 3.8) is 0 Å². The average molecular weight is 380 g/mol. The molecule has 0 heterocycles. The molecular formula is C14H18ClNO7S. The van der Waals surface area contributed by atoms with Crippen LogP contribution >= 0.6 is 10.7 Å². The summed E-state index contributed by atoms with van der Waals surface area (Å²) in [6.07, 6.45) is 0. The number of rotatable bonds is 4. The summed E-state index contributed by atoms with van der Waals surface area (Å²) in [5.74, 6) is -2.27. The van der Waals surface area contributed by atoms with Crippen molar-refractivity contribution in [3.05, 3.63) is 17.2 Å². The monoisotopic (exact) mass is 379 g/mol. The van der Waals surface area contributed by atoms with Gasteiger partial charge in [-0.05, 0) is 26.8 Å². The van der Waals surface area contributed by atoms with Gasteiger partial charge in [-0.3, -0.25) is 0 Å². The molecular weight excluding hydrogens is 362 g/mol. The van der Waals surface area contributed by atoms with Gasteiger partial charge in [-0.1, -0.05) is 0 Å². The summed E-state index contributed by atoms with van der Waals surface area (Å²) in [6.45, 7) is 4.85. The summed E-state index contributed by atoms with van der Waals surface area (Å²) in [5, 5.41) is 0. The van der Waals surface area contributed by atoms with Crippen molar-refractivity contribution < 1.29 is 32.2 Å². The van der Waals surface area contributed by atoms with Gasteiger partial charge in [0, 0.05) is 10.7 Å². The first-order valence-electron chi connectivity index (χ1n) is 6.60. The summed E-state index contributed by atoms with van der Waals surface area (Å²) in [6, 6.07) is 1.04. The van der Waals surface area contributed by atoms with Crippen LogP contribution in [0.4, 0.5) is 5.69 Å². The number of nitrogens with two attached hydrogens (primary N) is 1. The number of carbonyl (C=O) groups excluding carboxylic acids is 2. The summed E-state index contributed by atoms with van der Waals surface area (Å²) in [4.78, 5) is 23.5. The zero-order valence-corrected chi connectivity index (χ0v) is 15.4. The number of nitrogen functional groups attached to an aromatic ring is 1. The zero-order chi connectivity index (χ0) is 18.9. The molecule has 0 aliphatic heterocycles. The quantitative estimate of drug-likeness (QED) is 0.478. The van der Waals surface area contributed by atoms with E-state index in [0.29, 0.717) is 0 Å². The molecule has 0 unspecified atom stereocenters. The number of esters is 2. The second-order valence-electron chi connectivity index (χ2n) is 5.68. The Labute approximate surface area is 144 Å². The number of carbonyl (C=O) groups is 2. The molecule has 24 heavy (non-hydrogen) atoms. The molecule has 134 valence electrons.